The first-order valence-electron chi connectivity index (χ1n) is 5.87. The highest BCUT2D eigenvalue weighted by Crippen LogP contribution is 2.18. The number of halogens is 2. The summed E-state index contributed by atoms with van der Waals surface area (Å²) in [5, 5.41) is 2.52. The summed E-state index contributed by atoms with van der Waals surface area (Å²) in [5.74, 6) is -1.35. The Morgan fingerprint density at radius 2 is 2.10 bits per heavy atom. The molecule has 1 aromatic heterocycles. The first-order valence-corrected chi connectivity index (χ1v) is 6.25. The molecule has 0 radical (unpaired) electrons. The van der Waals surface area contributed by atoms with E-state index >= 15 is 0 Å². The average Bonchev–Trinajstić information content (AvgIpc) is 2.40. The highest BCUT2D eigenvalue weighted by atomic mass is 35.5. The van der Waals surface area contributed by atoms with E-state index in [9.17, 15) is 14.0 Å². The number of aryl methyl sites for hydroxylation is 1. The molecular weight excluding hydrogens is 283 g/mol. The van der Waals surface area contributed by atoms with Gasteiger partial charge in [-0.3, -0.25) is 9.59 Å². The molecule has 0 atom stereocenters. The van der Waals surface area contributed by atoms with Crippen molar-refractivity contribution in [1.82, 2.24) is 9.88 Å². The minimum Gasteiger partial charge on any atom is -0.348 e. The lowest BCUT2D eigenvalue weighted by Gasteiger charge is -2.08. The van der Waals surface area contributed by atoms with Crippen LogP contribution >= 0.6 is 11.6 Å². The highest BCUT2D eigenvalue weighted by Gasteiger charge is 2.15. The summed E-state index contributed by atoms with van der Waals surface area (Å²) in [6.45, 7) is 0.0109. The normalized spacial score (nSPS) is 10.3. The molecule has 1 heterocycles. The van der Waals surface area contributed by atoms with Crippen LogP contribution in [-0.2, 0) is 13.6 Å². The lowest BCUT2D eigenvalue weighted by molar-refractivity contribution is 0.0947. The molecule has 20 heavy (non-hydrogen) atoms. The monoisotopic (exact) mass is 294 g/mol. The number of aromatic nitrogens is 1. The number of hydrogen-bond acceptors (Lipinski definition) is 2. The fraction of sp³-hybridized carbons (Fsp3) is 0.143. The maximum Gasteiger partial charge on any atom is 0.256 e. The summed E-state index contributed by atoms with van der Waals surface area (Å²) in [4.78, 5) is 23.7. The van der Waals surface area contributed by atoms with Crippen LogP contribution < -0.4 is 10.9 Å². The van der Waals surface area contributed by atoms with Crippen LogP contribution in [-0.4, -0.2) is 10.5 Å². The third-order valence-electron chi connectivity index (χ3n) is 2.83. The van der Waals surface area contributed by atoms with Gasteiger partial charge in [0.1, 0.15) is 5.82 Å². The molecule has 0 bridgehead atoms. The number of carbonyl (C=O) groups excluding carboxylic acids is 1. The van der Waals surface area contributed by atoms with Gasteiger partial charge in [-0.2, -0.15) is 0 Å². The Bertz CT molecular complexity index is 692. The Labute approximate surface area is 119 Å². The van der Waals surface area contributed by atoms with Gasteiger partial charge in [0.05, 0.1) is 10.6 Å². The molecule has 2 rings (SSSR count). The predicted octanol–water partition coefficient (Wildman–Crippen LogP) is 2.11. The van der Waals surface area contributed by atoms with Crippen molar-refractivity contribution in [1.29, 1.82) is 0 Å². The molecule has 0 unspecified atom stereocenters. The molecule has 6 heteroatoms. The zero-order valence-corrected chi connectivity index (χ0v) is 11.4. The topological polar surface area (TPSA) is 51.1 Å². The zero-order chi connectivity index (χ0) is 14.7. The molecule has 104 valence electrons. The third-order valence-corrected chi connectivity index (χ3v) is 3.15. The third kappa shape index (κ3) is 2.88. The first kappa shape index (κ1) is 14.3. The number of rotatable bonds is 3. The van der Waals surface area contributed by atoms with Crippen LogP contribution in [0.15, 0.2) is 41.3 Å². The second-order valence-electron chi connectivity index (χ2n) is 4.23. The lowest BCUT2D eigenvalue weighted by Crippen LogP contribution is -2.29. The molecule has 1 amide bonds. The van der Waals surface area contributed by atoms with Gasteiger partial charge in [0.15, 0.2) is 0 Å². The van der Waals surface area contributed by atoms with Crippen molar-refractivity contribution < 1.29 is 9.18 Å². The molecule has 0 aliphatic rings. The minimum atomic E-state index is -0.698. The van der Waals surface area contributed by atoms with Crippen molar-refractivity contribution >= 4 is 17.5 Å². The number of pyridine rings is 1. The fourth-order valence-electron chi connectivity index (χ4n) is 1.77. The van der Waals surface area contributed by atoms with Crippen LogP contribution in [0.3, 0.4) is 0 Å². The lowest BCUT2D eigenvalue weighted by atomic mass is 10.2. The Balaban J connectivity index is 2.17. The molecule has 0 spiro atoms. The number of benzene rings is 1. The minimum absolute atomic E-state index is 0.0109. The molecule has 4 nitrogen and oxygen atoms in total. The van der Waals surface area contributed by atoms with Crippen molar-refractivity contribution in [3.63, 3.8) is 0 Å². The molecule has 0 saturated carbocycles. The summed E-state index contributed by atoms with van der Waals surface area (Å²) >= 11 is 5.80. The van der Waals surface area contributed by atoms with Crippen molar-refractivity contribution in [2.75, 3.05) is 0 Å². The van der Waals surface area contributed by atoms with Crippen molar-refractivity contribution in [3.05, 3.63) is 68.8 Å². The Morgan fingerprint density at radius 3 is 2.80 bits per heavy atom. The van der Waals surface area contributed by atoms with Gasteiger partial charge < -0.3 is 9.88 Å². The number of nitrogens with zero attached hydrogens (tertiary/aromatic N) is 1. The molecule has 0 fully saturated rings. The average molecular weight is 295 g/mol. The van der Waals surface area contributed by atoms with Crippen molar-refractivity contribution in [2.45, 2.75) is 6.54 Å². The van der Waals surface area contributed by atoms with Crippen molar-refractivity contribution in [3.8, 4) is 0 Å². The Kier molecular flexibility index (Phi) is 4.20. The molecular formula is C14H12ClFN2O2. The summed E-state index contributed by atoms with van der Waals surface area (Å²) in [6.07, 6.45) is 1.61. The van der Waals surface area contributed by atoms with Crippen LogP contribution in [0.2, 0.25) is 5.02 Å². The van der Waals surface area contributed by atoms with E-state index in [4.69, 9.17) is 11.6 Å². The predicted molar refractivity (Wildman–Crippen MR) is 74.3 cm³/mol. The van der Waals surface area contributed by atoms with Gasteiger partial charge in [-0.25, -0.2) is 4.39 Å². The summed E-state index contributed by atoms with van der Waals surface area (Å²) in [6, 6.07) is 7.30. The highest BCUT2D eigenvalue weighted by molar-refractivity contribution is 6.33. The van der Waals surface area contributed by atoms with Gasteiger partial charge in [-0.1, -0.05) is 23.7 Å². The molecule has 0 saturated heterocycles. The summed E-state index contributed by atoms with van der Waals surface area (Å²) in [5.41, 5.74) is -0.0230. The van der Waals surface area contributed by atoms with Gasteiger partial charge in [0.2, 0.25) is 0 Å². The smallest absolute Gasteiger partial charge is 0.256 e. The van der Waals surface area contributed by atoms with Crippen LogP contribution in [0.1, 0.15) is 15.9 Å². The van der Waals surface area contributed by atoms with E-state index in [-0.39, 0.29) is 22.7 Å². The van der Waals surface area contributed by atoms with Gasteiger partial charge in [-0.05, 0) is 18.2 Å². The van der Waals surface area contributed by atoms with E-state index in [1.807, 2.05) is 0 Å². The number of carbonyl (C=O) groups is 1. The quantitative estimate of drug-likeness (QED) is 0.942. The Morgan fingerprint density at radius 1 is 1.35 bits per heavy atom. The van der Waals surface area contributed by atoms with Crippen LogP contribution in [0.4, 0.5) is 4.39 Å². The molecule has 2 aromatic rings. The van der Waals surface area contributed by atoms with Gasteiger partial charge in [0, 0.05) is 25.4 Å². The molecule has 0 aliphatic carbocycles. The molecule has 1 aromatic carbocycles. The van der Waals surface area contributed by atoms with Crippen molar-refractivity contribution in [2.24, 2.45) is 7.05 Å². The number of amides is 1. The molecule has 1 N–H and O–H groups in total. The van der Waals surface area contributed by atoms with E-state index in [0.29, 0.717) is 5.56 Å². The fourth-order valence-corrected chi connectivity index (χ4v) is 2.02. The van der Waals surface area contributed by atoms with E-state index in [2.05, 4.69) is 5.32 Å². The van der Waals surface area contributed by atoms with E-state index < -0.39 is 11.7 Å². The van der Waals surface area contributed by atoms with Crippen LogP contribution in [0, 0.1) is 5.82 Å². The van der Waals surface area contributed by atoms with E-state index in [0.717, 1.165) is 6.07 Å². The van der Waals surface area contributed by atoms with Gasteiger partial charge >= 0.3 is 0 Å². The number of hydrogen-bond donors (Lipinski definition) is 1. The largest absolute Gasteiger partial charge is 0.348 e. The standard InChI is InChI=1S/C14H12ClFN2O2/c1-18-7-3-4-9(14(18)20)8-17-13(19)12-10(15)5-2-6-11(12)16/h2-7H,8H2,1H3,(H,17,19). The first-order chi connectivity index (χ1) is 9.50. The SMILES string of the molecule is Cn1cccc(CNC(=O)c2c(F)cccc2Cl)c1=O. The van der Waals surface area contributed by atoms with E-state index in [1.54, 1.807) is 25.4 Å². The van der Waals surface area contributed by atoms with Crippen LogP contribution in [0.5, 0.6) is 0 Å². The summed E-state index contributed by atoms with van der Waals surface area (Å²) in [7, 11) is 1.61. The number of nitrogens with one attached hydrogen (secondary N) is 1. The summed E-state index contributed by atoms with van der Waals surface area (Å²) < 4.78 is 15.0. The molecule has 0 aliphatic heterocycles. The second-order valence-corrected chi connectivity index (χ2v) is 4.64. The maximum absolute atomic E-state index is 13.6. The van der Waals surface area contributed by atoms with Gasteiger partial charge in [0.25, 0.3) is 11.5 Å². The zero-order valence-electron chi connectivity index (χ0n) is 10.7. The van der Waals surface area contributed by atoms with E-state index in [1.165, 1.54) is 16.7 Å². The second kappa shape index (κ2) is 5.88. The maximum atomic E-state index is 13.6. The van der Waals surface area contributed by atoms with Crippen LogP contribution in [0.25, 0.3) is 0 Å². The van der Waals surface area contributed by atoms with Gasteiger partial charge in [-0.15, -0.1) is 0 Å². The Hall–Kier alpha value is -2.14.